The largest absolute Gasteiger partial charge is 0.356 e. The third-order valence-electron chi connectivity index (χ3n) is 4.86. The smallest absolute Gasteiger partial charge is 0.247 e. The van der Waals surface area contributed by atoms with Gasteiger partial charge in [-0.05, 0) is 31.0 Å². The molecule has 2 heterocycles. The lowest BCUT2D eigenvalue weighted by Gasteiger charge is -2.32. The number of fused-ring (bicyclic) bond motifs is 3. The summed E-state index contributed by atoms with van der Waals surface area (Å²) in [5, 5.41) is 2.90. The van der Waals surface area contributed by atoms with Crippen LogP contribution in [0.25, 0.3) is 0 Å². The molecule has 136 valence electrons. The van der Waals surface area contributed by atoms with E-state index in [1.54, 1.807) is 0 Å². The first kappa shape index (κ1) is 17.1. The summed E-state index contributed by atoms with van der Waals surface area (Å²) in [5.74, 6) is -0.136. The number of aryl methyl sites for hydroxylation is 1. The Hall–Kier alpha value is -2.38. The summed E-state index contributed by atoms with van der Waals surface area (Å²) in [4.78, 5) is 14.3. The number of hydrogen-bond donors (Lipinski definition) is 2. The van der Waals surface area contributed by atoms with Gasteiger partial charge in [-0.15, -0.1) is 0 Å². The third kappa shape index (κ3) is 3.32. The van der Waals surface area contributed by atoms with Gasteiger partial charge in [-0.3, -0.25) is 4.79 Å². The summed E-state index contributed by atoms with van der Waals surface area (Å²) in [6.45, 7) is 2.43. The van der Waals surface area contributed by atoms with Gasteiger partial charge in [0.1, 0.15) is 6.04 Å². The zero-order chi connectivity index (χ0) is 18.3. The molecular weight excluding hydrogens is 350 g/mol. The standard InChI is InChI=1S/C19H21N3O3S/c1-13-5-4-6-14(9-13)12-26(24,25)21-15-10-18-19(23)20-16-7-2-3-8-17(16)22(18)11-15/h2-9,15,18,21H,10-12H2,1H3,(H,20,23). The molecule has 2 aliphatic rings. The van der Waals surface area contributed by atoms with Gasteiger partial charge in [-0.2, -0.15) is 0 Å². The predicted molar refractivity (Wildman–Crippen MR) is 102 cm³/mol. The van der Waals surface area contributed by atoms with Crippen molar-refractivity contribution in [3.63, 3.8) is 0 Å². The Morgan fingerprint density at radius 1 is 1.19 bits per heavy atom. The van der Waals surface area contributed by atoms with Crippen LogP contribution in [0, 0.1) is 6.92 Å². The number of para-hydroxylation sites is 2. The summed E-state index contributed by atoms with van der Waals surface area (Å²) < 4.78 is 27.9. The molecule has 2 aliphatic heterocycles. The van der Waals surface area contributed by atoms with Crippen LogP contribution in [0.1, 0.15) is 17.5 Å². The van der Waals surface area contributed by atoms with E-state index in [1.807, 2.05) is 60.4 Å². The van der Waals surface area contributed by atoms with Crippen LogP contribution < -0.4 is 14.9 Å². The summed E-state index contributed by atoms with van der Waals surface area (Å²) >= 11 is 0. The Morgan fingerprint density at radius 2 is 2.00 bits per heavy atom. The molecule has 0 aromatic heterocycles. The van der Waals surface area contributed by atoms with E-state index in [4.69, 9.17) is 0 Å². The number of carbonyl (C=O) groups excluding carboxylic acids is 1. The molecule has 2 aromatic rings. The Labute approximate surface area is 153 Å². The fourth-order valence-corrected chi connectivity index (χ4v) is 5.18. The van der Waals surface area contributed by atoms with Crippen LogP contribution >= 0.6 is 0 Å². The first-order valence-corrected chi connectivity index (χ1v) is 10.3. The van der Waals surface area contributed by atoms with Gasteiger partial charge >= 0.3 is 0 Å². The van der Waals surface area contributed by atoms with Crippen molar-refractivity contribution in [3.8, 4) is 0 Å². The van der Waals surface area contributed by atoms with Crippen molar-refractivity contribution in [2.24, 2.45) is 0 Å². The number of sulfonamides is 1. The monoisotopic (exact) mass is 371 g/mol. The summed E-state index contributed by atoms with van der Waals surface area (Å²) in [7, 11) is -3.48. The van der Waals surface area contributed by atoms with Gasteiger partial charge in [0.2, 0.25) is 15.9 Å². The molecule has 26 heavy (non-hydrogen) atoms. The minimum absolute atomic E-state index is 0.0569. The van der Waals surface area contributed by atoms with E-state index in [2.05, 4.69) is 10.0 Å². The van der Waals surface area contributed by atoms with E-state index in [9.17, 15) is 13.2 Å². The van der Waals surface area contributed by atoms with Crippen LogP contribution in [-0.2, 0) is 20.6 Å². The van der Waals surface area contributed by atoms with Gasteiger partial charge in [0.25, 0.3) is 0 Å². The van der Waals surface area contributed by atoms with Gasteiger partial charge in [-0.25, -0.2) is 13.1 Å². The number of rotatable bonds is 4. The number of nitrogens with one attached hydrogen (secondary N) is 2. The molecule has 2 aromatic carbocycles. The summed E-state index contributed by atoms with van der Waals surface area (Å²) in [6, 6.07) is 14.5. The highest BCUT2D eigenvalue weighted by atomic mass is 32.2. The van der Waals surface area contributed by atoms with Gasteiger partial charge in [0.05, 0.1) is 17.1 Å². The first-order chi connectivity index (χ1) is 12.4. The van der Waals surface area contributed by atoms with E-state index in [0.29, 0.717) is 13.0 Å². The highest BCUT2D eigenvalue weighted by molar-refractivity contribution is 7.88. The van der Waals surface area contributed by atoms with Crippen LogP contribution in [0.15, 0.2) is 48.5 Å². The lowest BCUT2D eigenvalue weighted by molar-refractivity contribution is -0.117. The Kier molecular flexibility index (Phi) is 4.20. The first-order valence-electron chi connectivity index (χ1n) is 8.63. The Balaban J connectivity index is 1.50. The zero-order valence-electron chi connectivity index (χ0n) is 14.5. The molecule has 0 spiro atoms. The van der Waals surface area contributed by atoms with Crippen molar-refractivity contribution in [3.05, 3.63) is 59.7 Å². The Bertz CT molecular complexity index is 958. The van der Waals surface area contributed by atoms with Crippen molar-refractivity contribution in [2.75, 3.05) is 16.8 Å². The lowest BCUT2D eigenvalue weighted by atomic mass is 10.1. The molecular formula is C19H21N3O3S. The quantitative estimate of drug-likeness (QED) is 0.862. The van der Waals surface area contributed by atoms with E-state index in [0.717, 1.165) is 22.5 Å². The fraction of sp³-hybridized carbons (Fsp3) is 0.316. The number of benzene rings is 2. The molecule has 7 heteroatoms. The number of amides is 1. The number of hydrogen-bond acceptors (Lipinski definition) is 4. The second-order valence-corrected chi connectivity index (χ2v) is 8.73. The van der Waals surface area contributed by atoms with Crippen LogP contribution in [-0.4, -0.2) is 33.0 Å². The van der Waals surface area contributed by atoms with Crippen molar-refractivity contribution in [1.29, 1.82) is 0 Å². The van der Waals surface area contributed by atoms with Crippen molar-refractivity contribution in [1.82, 2.24) is 4.72 Å². The maximum Gasteiger partial charge on any atom is 0.247 e. The number of nitrogens with zero attached hydrogens (tertiary/aromatic N) is 1. The molecule has 2 atom stereocenters. The SMILES string of the molecule is Cc1cccc(CS(=O)(=O)NC2CC3C(=O)Nc4ccccc4N3C2)c1. The molecule has 0 aliphatic carbocycles. The van der Waals surface area contributed by atoms with E-state index < -0.39 is 10.0 Å². The van der Waals surface area contributed by atoms with E-state index in [1.165, 1.54) is 0 Å². The molecule has 0 radical (unpaired) electrons. The van der Waals surface area contributed by atoms with Crippen LogP contribution in [0.4, 0.5) is 11.4 Å². The van der Waals surface area contributed by atoms with Gasteiger partial charge < -0.3 is 10.2 Å². The maximum atomic E-state index is 12.6. The Morgan fingerprint density at radius 3 is 2.81 bits per heavy atom. The minimum atomic E-state index is -3.48. The maximum absolute atomic E-state index is 12.6. The third-order valence-corrected chi connectivity index (χ3v) is 6.27. The number of carbonyl (C=O) groups is 1. The zero-order valence-corrected chi connectivity index (χ0v) is 15.3. The summed E-state index contributed by atoms with van der Waals surface area (Å²) in [5.41, 5.74) is 3.51. The van der Waals surface area contributed by atoms with Crippen molar-refractivity contribution < 1.29 is 13.2 Å². The molecule has 2 N–H and O–H groups in total. The predicted octanol–water partition coefficient (Wildman–Crippen LogP) is 2.01. The van der Waals surface area contributed by atoms with E-state index >= 15 is 0 Å². The molecule has 4 rings (SSSR count). The fourth-order valence-electron chi connectivity index (χ4n) is 3.80. The van der Waals surface area contributed by atoms with Crippen molar-refractivity contribution >= 4 is 27.3 Å². The number of anilines is 2. The average Bonchev–Trinajstić information content (AvgIpc) is 2.98. The van der Waals surface area contributed by atoms with Crippen molar-refractivity contribution in [2.45, 2.75) is 31.2 Å². The average molecular weight is 371 g/mol. The van der Waals surface area contributed by atoms with Gasteiger partial charge in [0.15, 0.2) is 0 Å². The topological polar surface area (TPSA) is 78.5 Å². The van der Waals surface area contributed by atoms with Crippen LogP contribution in [0.2, 0.25) is 0 Å². The molecule has 2 unspecified atom stereocenters. The van der Waals surface area contributed by atoms with Crippen LogP contribution in [0.3, 0.4) is 0 Å². The second kappa shape index (κ2) is 6.41. The molecule has 0 bridgehead atoms. The van der Waals surface area contributed by atoms with E-state index in [-0.39, 0.29) is 23.7 Å². The summed E-state index contributed by atoms with van der Waals surface area (Å²) in [6.07, 6.45) is 0.465. The van der Waals surface area contributed by atoms with Crippen LogP contribution in [0.5, 0.6) is 0 Å². The second-order valence-electron chi connectivity index (χ2n) is 6.97. The molecule has 1 amide bonds. The molecule has 6 nitrogen and oxygen atoms in total. The van der Waals surface area contributed by atoms with Gasteiger partial charge in [-0.1, -0.05) is 42.0 Å². The molecule has 1 saturated heterocycles. The van der Waals surface area contributed by atoms with Gasteiger partial charge in [0, 0.05) is 12.6 Å². The highest BCUT2D eigenvalue weighted by Crippen LogP contribution is 2.36. The minimum Gasteiger partial charge on any atom is -0.356 e. The molecule has 1 fully saturated rings. The normalized spacial score (nSPS) is 21.9. The molecule has 0 saturated carbocycles. The highest BCUT2D eigenvalue weighted by Gasteiger charge is 2.41. The lowest BCUT2D eigenvalue weighted by Crippen LogP contribution is -2.44.